The zero-order valence-corrected chi connectivity index (χ0v) is 16.0. The predicted molar refractivity (Wildman–Crippen MR) is 101 cm³/mol. The molecule has 0 saturated carbocycles. The minimum Gasteiger partial charge on any atom is -0.341 e. The van der Waals surface area contributed by atoms with Gasteiger partial charge in [0.05, 0.1) is 10.0 Å². The zero-order valence-electron chi connectivity index (χ0n) is 13.7. The van der Waals surface area contributed by atoms with Crippen molar-refractivity contribution in [2.45, 2.75) is 19.5 Å². The number of hydrogen-bond acceptors (Lipinski definition) is 2. The van der Waals surface area contributed by atoms with Gasteiger partial charge in [0.15, 0.2) is 0 Å². The van der Waals surface area contributed by atoms with E-state index in [1.807, 2.05) is 0 Å². The number of hydrogen-bond donors (Lipinski definition) is 1. The second kappa shape index (κ2) is 8.56. The van der Waals surface area contributed by atoms with E-state index in [-0.39, 0.29) is 11.8 Å². The molecule has 0 aliphatic rings. The van der Waals surface area contributed by atoms with E-state index in [0.717, 1.165) is 5.56 Å². The Morgan fingerprint density at radius 1 is 1.04 bits per heavy atom. The molecule has 0 radical (unpaired) electrons. The van der Waals surface area contributed by atoms with E-state index in [1.54, 1.807) is 56.4 Å². The number of nitrogens with one attached hydrogen (secondary N) is 1. The molecule has 1 N–H and O–H groups in total. The van der Waals surface area contributed by atoms with Gasteiger partial charge in [0.25, 0.3) is 5.91 Å². The first kappa shape index (κ1) is 19.6. The van der Waals surface area contributed by atoms with E-state index in [9.17, 15) is 9.59 Å². The van der Waals surface area contributed by atoms with Crippen LogP contribution in [0, 0.1) is 0 Å². The molecule has 2 aromatic rings. The molecule has 132 valence electrons. The summed E-state index contributed by atoms with van der Waals surface area (Å²) in [6, 6.07) is 11.0. The van der Waals surface area contributed by atoms with Gasteiger partial charge in [0, 0.05) is 24.2 Å². The minimum absolute atomic E-state index is 0.214. The molecule has 0 aliphatic heterocycles. The zero-order chi connectivity index (χ0) is 18.6. The fourth-order valence-electron chi connectivity index (χ4n) is 2.26. The normalized spacial score (nSPS) is 11.7. The average Bonchev–Trinajstić information content (AvgIpc) is 2.57. The van der Waals surface area contributed by atoms with Crippen molar-refractivity contribution in [1.82, 2.24) is 10.2 Å². The fourth-order valence-corrected chi connectivity index (χ4v) is 2.71. The fraction of sp³-hybridized carbons (Fsp3) is 0.222. The molecule has 4 nitrogen and oxygen atoms in total. The Morgan fingerprint density at radius 3 is 2.28 bits per heavy atom. The Labute approximate surface area is 161 Å². The molecule has 0 saturated heterocycles. The van der Waals surface area contributed by atoms with Gasteiger partial charge in [-0.2, -0.15) is 0 Å². The molecule has 7 heteroatoms. The van der Waals surface area contributed by atoms with Gasteiger partial charge >= 0.3 is 0 Å². The van der Waals surface area contributed by atoms with Crippen molar-refractivity contribution in [2.24, 2.45) is 0 Å². The van der Waals surface area contributed by atoms with Crippen LogP contribution < -0.4 is 5.32 Å². The molecule has 2 aromatic carbocycles. The third kappa shape index (κ3) is 5.36. The SMILES string of the molecule is CC(NC(=O)c1ccc(Cl)cc1)C(=O)N(C)Cc1ccc(Cl)c(Cl)c1. The van der Waals surface area contributed by atoms with Gasteiger partial charge in [-0.15, -0.1) is 0 Å². The van der Waals surface area contributed by atoms with E-state index in [0.29, 0.717) is 27.2 Å². The molecule has 0 heterocycles. The first-order valence-electron chi connectivity index (χ1n) is 7.53. The predicted octanol–water partition coefficient (Wildman–Crippen LogP) is 4.42. The summed E-state index contributed by atoms with van der Waals surface area (Å²) in [5.41, 5.74) is 1.29. The van der Waals surface area contributed by atoms with E-state index in [1.165, 1.54) is 4.90 Å². The summed E-state index contributed by atoms with van der Waals surface area (Å²) in [4.78, 5) is 26.1. The number of carbonyl (C=O) groups is 2. The summed E-state index contributed by atoms with van der Waals surface area (Å²) in [6.07, 6.45) is 0. The van der Waals surface area contributed by atoms with E-state index < -0.39 is 6.04 Å². The van der Waals surface area contributed by atoms with Crippen molar-refractivity contribution < 1.29 is 9.59 Å². The van der Waals surface area contributed by atoms with Crippen LogP contribution in [0.5, 0.6) is 0 Å². The highest BCUT2D eigenvalue weighted by atomic mass is 35.5. The third-order valence-corrected chi connectivity index (χ3v) is 4.60. The largest absolute Gasteiger partial charge is 0.341 e. The van der Waals surface area contributed by atoms with Crippen molar-refractivity contribution in [1.29, 1.82) is 0 Å². The van der Waals surface area contributed by atoms with Crippen LogP contribution in [-0.2, 0) is 11.3 Å². The van der Waals surface area contributed by atoms with Gasteiger partial charge in [-0.3, -0.25) is 9.59 Å². The summed E-state index contributed by atoms with van der Waals surface area (Å²) in [7, 11) is 1.66. The molecule has 1 unspecified atom stereocenters. The molecule has 2 amide bonds. The van der Waals surface area contributed by atoms with E-state index >= 15 is 0 Å². The van der Waals surface area contributed by atoms with Crippen molar-refractivity contribution in [3.05, 3.63) is 68.7 Å². The number of carbonyl (C=O) groups excluding carboxylic acids is 2. The van der Waals surface area contributed by atoms with Gasteiger partial charge in [-0.1, -0.05) is 40.9 Å². The lowest BCUT2D eigenvalue weighted by molar-refractivity contribution is -0.132. The standard InChI is InChI=1S/C18H17Cl3N2O2/c1-11(22-17(24)13-4-6-14(19)7-5-13)18(25)23(2)10-12-3-8-15(20)16(21)9-12/h3-9,11H,10H2,1-2H3,(H,22,24). The number of amides is 2. The minimum atomic E-state index is -0.670. The molecule has 0 fully saturated rings. The van der Waals surface area contributed by atoms with Crippen LogP contribution >= 0.6 is 34.8 Å². The molecule has 2 rings (SSSR count). The number of likely N-dealkylation sites (N-methyl/N-ethyl adjacent to an activating group) is 1. The third-order valence-electron chi connectivity index (χ3n) is 3.60. The summed E-state index contributed by atoms with van der Waals surface area (Å²) < 4.78 is 0. The lowest BCUT2D eigenvalue weighted by Crippen LogP contribution is -2.45. The molecule has 1 atom stereocenters. The second-order valence-corrected chi connectivity index (χ2v) is 6.90. The van der Waals surface area contributed by atoms with Crippen LogP contribution in [-0.4, -0.2) is 29.8 Å². The highest BCUT2D eigenvalue weighted by molar-refractivity contribution is 6.42. The van der Waals surface area contributed by atoms with E-state index in [2.05, 4.69) is 5.32 Å². The van der Waals surface area contributed by atoms with Gasteiger partial charge < -0.3 is 10.2 Å². The lowest BCUT2D eigenvalue weighted by Gasteiger charge is -2.22. The Bertz CT molecular complexity index is 778. The van der Waals surface area contributed by atoms with Crippen molar-refractivity contribution >= 4 is 46.6 Å². The highest BCUT2D eigenvalue weighted by Gasteiger charge is 2.20. The molecule has 25 heavy (non-hydrogen) atoms. The van der Waals surface area contributed by atoms with Crippen molar-refractivity contribution in [2.75, 3.05) is 7.05 Å². The van der Waals surface area contributed by atoms with Crippen molar-refractivity contribution in [3.8, 4) is 0 Å². The number of halogens is 3. The van der Waals surface area contributed by atoms with Crippen LogP contribution in [0.4, 0.5) is 0 Å². The van der Waals surface area contributed by atoms with Crippen LogP contribution in [0.2, 0.25) is 15.1 Å². The summed E-state index contributed by atoms with van der Waals surface area (Å²) in [5, 5.41) is 4.12. The van der Waals surface area contributed by atoms with Gasteiger partial charge in [-0.05, 0) is 48.9 Å². The van der Waals surface area contributed by atoms with Crippen LogP contribution in [0.25, 0.3) is 0 Å². The molecule has 0 aromatic heterocycles. The first-order chi connectivity index (χ1) is 11.8. The van der Waals surface area contributed by atoms with E-state index in [4.69, 9.17) is 34.8 Å². The maximum absolute atomic E-state index is 12.5. The summed E-state index contributed by atoms with van der Waals surface area (Å²) in [6.45, 7) is 2.00. The quantitative estimate of drug-likeness (QED) is 0.809. The van der Waals surface area contributed by atoms with Gasteiger partial charge in [-0.25, -0.2) is 0 Å². The first-order valence-corrected chi connectivity index (χ1v) is 8.66. The molecule has 0 bridgehead atoms. The summed E-state index contributed by atoms with van der Waals surface area (Å²) in [5.74, 6) is -0.547. The van der Waals surface area contributed by atoms with Crippen LogP contribution in [0.1, 0.15) is 22.8 Å². The Morgan fingerprint density at radius 2 is 1.68 bits per heavy atom. The molecular formula is C18H17Cl3N2O2. The number of rotatable bonds is 5. The second-order valence-electron chi connectivity index (χ2n) is 5.64. The van der Waals surface area contributed by atoms with Crippen LogP contribution in [0.15, 0.2) is 42.5 Å². The Hall–Kier alpha value is -1.75. The maximum Gasteiger partial charge on any atom is 0.251 e. The average molecular weight is 400 g/mol. The maximum atomic E-state index is 12.5. The smallest absolute Gasteiger partial charge is 0.251 e. The molecule has 0 spiro atoms. The molecule has 0 aliphatic carbocycles. The van der Waals surface area contributed by atoms with Crippen molar-refractivity contribution in [3.63, 3.8) is 0 Å². The van der Waals surface area contributed by atoms with Gasteiger partial charge in [0.1, 0.15) is 6.04 Å². The summed E-state index contributed by atoms with van der Waals surface area (Å²) >= 11 is 17.7. The van der Waals surface area contributed by atoms with Gasteiger partial charge in [0.2, 0.25) is 5.91 Å². The number of benzene rings is 2. The Kier molecular flexibility index (Phi) is 6.71. The van der Waals surface area contributed by atoms with Crippen LogP contribution in [0.3, 0.4) is 0 Å². The Balaban J connectivity index is 1.97. The topological polar surface area (TPSA) is 49.4 Å². The molecular weight excluding hydrogens is 383 g/mol. The monoisotopic (exact) mass is 398 g/mol. The lowest BCUT2D eigenvalue weighted by atomic mass is 10.1. The number of nitrogens with zero attached hydrogens (tertiary/aromatic N) is 1. The highest BCUT2D eigenvalue weighted by Crippen LogP contribution is 2.23.